The van der Waals surface area contributed by atoms with Gasteiger partial charge >= 0.3 is 0 Å². The lowest BCUT2D eigenvalue weighted by molar-refractivity contribution is 0.391. The van der Waals surface area contributed by atoms with Crippen molar-refractivity contribution in [1.82, 2.24) is 10.0 Å². The van der Waals surface area contributed by atoms with Crippen LogP contribution in [0.4, 0.5) is 0 Å². The lowest BCUT2D eigenvalue weighted by Gasteiger charge is -2.18. The zero-order valence-electron chi connectivity index (χ0n) is 12.8. The Bertz CT molecular complexity index is 554. The highest BCUT2D eigenvalue weighted by Crippen LogP contribution is 2.29. The fourth-order valence-corrected chi connectivity index (χ4v) is 4.78. The van der Waals surface area contributed by atoms with Crippen LogP contribution >= 0.6 is 11.8 Å². The monoisotopic (exact) mass is 332 g/mol. The van der Waals surface area contributed by atoms with E-state index in [2.05, 4.69) is 10.0 Å². The third-order valence-electron chi connectivity index (χ3n) is 3.65. The van der Waals surface area contributed by atoms with E-state index in [-0.39, 0.29) is 11.1 Å². The molecule has 0 spiro atoms. The Balaban J connectivity index is 2.02. The molecule has 0 radical (unpaired) electrons. The molecule has 0 aromatic carbocycles. The first-order valence-electron chi connectivity index (χ1n) is 7.29. The van der Waals surface area contributed by atoms with Crippen molar-refractivity contribution in [2.24, 2.45) is 0 Å². The molecule has 2 N–H and O–H groups in total. The van der Waals surface area contributed by atoms with E-state index in [1.165, 1.54) is 6.07 Å². The van der Waals surface area contributed by atoms with Crippen molar-refractivity contribution < 1.29 is 12.8 Å². The maximum Gasteiger partial charge on any atom is 0.274 e. The van der Waals surface area contributed by atoms with Gasteiger partial charge < -0.3 is 9.73 Å². The SMILES string of the molecule is CSC1CCCC1NS(=O)(=O)c1ccc(CNC(C)C)o1. The Morgan fingerprint density at radius 3 is 2.81 bits per heavy atom. The van der Waals surface area contributed by atoms with Crippen LogP contribution in [-0.2, 0) is 16.6 Å². The molecule has 1 saturated carbocycles. The van der Waals surface area contributed by atoms with E-state index in [1.54, 1.807) is 17.8 Å². The van der Waals surface area contributed by atoms with Gasteiger partial charge in [0.25, 0.3) is 10.0 Å². The molecule has 0 bridgehead atoms. The quantitative estimate of drug-likeness (QED) is 0.802. The first-order chi connectivity index (χ1) is 9.92. The number of thioether (sulfide) groups is 1. The van der Waals surface area contributed by atoms with E-state index in [1.807, 2.05) is 20.1 Å². The van der Waals surface area contributed by atoms with Gasteiger partial charge in [-0.1, -0.05) is 20.3 Å². The smallest absolute Gasteiger partial charge is 0.274 e. The Morgan fingerprint density at radius 2 is 2.14 bits per heavy atom. The maximum absolute atomic E-state index is 12.4. The lowest BCUT2D eigenvalue weighted by atomic mass is 10.3. The minimum atomic E-state index is -3.56. The van der Waals surface area contributed by atoms with E-state index in [0.717, 1.165) is 19.3 Å². The van der Waals surface area contributed by atoms with E-state index in [9.17, 15) is 8.42 Å². The van der Waals surface area contributed by atoms with Crippen LogP contribution in [0, 0.1) is 0 Å². The molecule has 1 heterocycles. The van der Waals surface area contributed by atoms with Gasteiger partial charge in [-0.2, -0.15) is 11.8 Å². The summed E-state index contributed by atoms with van der Waals surface area (Å²) in [5.41, 5.74) is 0. The Morgan fingerprint density at radius 1 is 1.38 bits per heavy atom. The third-order valence-corrected chi connectivity index (χ3v) is 6.18. The molecule has 0 saturated heterocycles. The summed E-state index contributed by atoms with van der Waals surface area (Å²) in [4.78, 5) is 0. The van der Waals surface area contributed by atoms with Crippen molar-refractivity contribution >= 4 is 21.8 Å². The molecule has 1 aromatic heterocycles. The predicted molar refractivity (Wildman–Crippen MR) is 85.9 cm³/mol. The van der Waals surface area contributed by atoms with Crippen molar-refractivity contribution in [3.63, 3.8) is 0 Å². The molecule has 0 aliphatic heterocycles. The summed E-state index contributed by atoms with van der Waals surface area (Å²) < 4.78 is 33.0. The van der Waals surface area contributed by atoms with Crippen molar-refractivity contribution in [3.05, 3.63) is 17.9 Å². The van der Waals surface area contributed by atoms with Crippen LogP contribution in [0.1, 0.15) is 38.9 Å². The van der Waals surface area contributed by atoms with E-state index in [4.69, 9.17) is 4.42 Å². The van der Waals surface area contributed by atoms with Gasteiger partial charge in [-0.25, -0.2) is 13.1 Å². The van der Waals surface area contributed by atoms with Crippen LogP contribution in [-0.4, -0.2) is 32.0 Å². The van der Waals surface area contributed by atoms with Crippen LogP contribution in [0.5, 0.6) is 0 Å². The third kappa shape index (κ3) is 4.48. The van der Waals surface area contributed by atoms with Crippen molar-refractivity contribution in [1.29, 1.82) is 0 Å². The van der Waals surface area contributed by atoms with Crippen LogP contribution in [0.15, 0.2) is 21.6 Å². The fourth-order valence-electron chi connectivity index (χ4n) is 2.50. The Labute approximate surface area is 131 Å². The summed E-state index contributed by atoms with van der Waals surface area (Å²) in [5.74, 6) is 0.636. The first-order valence-corrected chi connectivity index (χ1v) is 10.1. The van der Waals surface area contributed by atoms with Crippen molar-refractivity contribution in [2.75, 3.05) is 6.26 Å². The van der Waals surface area contributed by atoms with Crippen LogP contribution in [0.2, 0.25) is 0 Å². The first kappa shape index (κ1) is 16.9. The summed E-state index contributed by atoms with van der Waals surface area (Å²) in [5, 5.41) is 3.57. The number of sulfonamides is 1. The molecule has 1 aliphatic rings. The zero-order valence-corrected chi connectivity index (χ0v) is 14.4. The number of hydrogen-bond donors (Lipinski definition) is 2. The molecule has 1 aromatic rings. The maximum atomic E-state index is 12.4. The summed E-state index contributed by atoms with van der Waals surface area (Å²) in [6.07, 6.45) is 5.06. The average Bonchev–Trinajstić information content (AvgIpc) is 3.04. The lowest BCUT2D eigenvalue weighted by Crippen LogP contribution is -2.38. The number of hydrogen-bond acceptors (Lipinski definition) is 5. The standard InChI is InChI=1S/C14H24N2O3S2/c1-10(2)15-9-11-7-8-14(19-11)21(17,18)16-12-5-4-6-13(12)20-3/h7-8,10,12-13,15-16H,4-6,9H2,1-3H3. The van der Waals surface area contributed by atoms with Crippen LogP contribution < -0.4 is 10.0 Å². The molecule has 2 rings (SSSR count). The summed E-state index contributed by atoms with van der Waals surface area (Å²) >= 11 is 1.73. The van der Waals surface area contributed by atoms with Crippen molar-refractivity contribution in [3.8, 4) is 0 Å². The second-order valence-corrected chi connectivity index (χ2v) is 8.41. The number of rotatable bonds is 7. The molecule has 1 aliphatic carbocycles. The second-order valence-electron chi connectivity index (χ2n) is 5.69. The predicted octanol–water partition coefficient (Wildman–Crippen LogP) is 2.34. The molecule has 1 fully saturated rings. The largest absolute Gasteiger partial charge is 0.447 e. The molecule has 7 heteroatoms. The van der Waals surface area contributed by atoms with E-state index < -0.39 is 10.0 Å². The number of furan rings is 1. The topological polar surface area (TPSA) is 71.3 Å². The van der Waals surface area contributed by atoms with Gasteiger partial charge in [-0.15, -0.1) is 0 Å². The molecular weight excluding hydrogens is 308 g/mol. The zero-order chi connectivity index (χ0) is 15.5. The summed E-state index contributed by atoms with van der Waals surface area (Å²) in [6, 6.07) is 3.58. The summed E-state index contributed by atoms with van der Waals surface area (Å²) in [7, 11) is -3.56. The highest BCUT2D eigenvalue weighted by Gasteiger charge is 2.31. The molecule has 0 amide bonds. The number of nitrogens with one attached hydrogen (secondary N) is 2. The van der Waals surface area contributed by atoms with E-state index >= 15 is 0 Å². The molecule has 2 atom stereocenters. The highest BCUT2D eigenvalue weighted by molar-refractivity contribution is 7.99. The van der Waals surface area contributed by atoms with Gasteiger partial charge in [0.1, 0.15) is 5.76 Å². The Kier molecular flexibility index (Phi) is 5.76. The minimum absolute atomic E-state index is 0.00680. The van der Waals surface area contributed by atoms with Crippen molar-refractivity contribution in [2.45, 2.75) is 62.1 Å². The summed E-state index contributed by atoms with van der Waals surface area (Å²) in [6.45, 7) is 4.60. The molecule has 21 heavy (non-hydrogen) atoms. The Hall–Kier alpha value is -0.500. The molecular formula is C14H24N2O3S2. The normalized spacial score (nSPS) is 23.0. The average molecular weight is 332 g/mol. The van der Waals surface area contributed by atoms with Gasteiger partial charge in [0, 0.05) is 17.3 Å². The molecule has 2 unspecified atom stereocenters. The second kappa shape index (κ2) is 7.17. The van der Waals surface area contributed by atoms with Gasteiger partial charge in [-0.3, -0.25) is 0 Å². The van der Waals surface area contributed by atoms with Gasteiger partial charge in [-0.05, 0) is 31.2 Å². The molecule has 5 nitrogen and oxygen atoms in total. The van der Waals surface area contributed by atoms with E-state index in [0.29, 0.717) is 23.6 Å². The fraction of sp³-hybridized carbons (Fsp3) is 0.714. The molecule has 120 valence electrons. The minimum Gasteiger partial charge on any atom is -0.447 e. The van der Waals surface area contributed by atoms with Gasteiger partial charge in [0.05, 0.1) is 6.54 Å². The van der Waals surface area contributed by atoms with Gasteiger partial charge in [0.2, 0.25) is 5.09 Å². The van der Waals surface area contributed by atoms with Crippen LogP contribution in [0.25, 0.3) is 0 Å². The van der Waals surface area contributed by atoms with Gasteiger partial charge in [0.15, 0.2) is 0 Å². The highest BCUT2D eigenvalue weighted by atomic mass is 32.2. The van der Waals surface area contributed by atoms with Crippen LogP contribution in [0.3, 0.4) is 0 Å².